The molecule has 1 aliphatic heterocycles. The lowest BCUT2D eigenvalue weighted by Gasteiger charge is -2.40. The molecule has 1 saturated heterocycles. The summed E-state index contributed by atoms with van der Waals surface area (Å²) in [4.78, 5) is 53.3. The summed E-state index contributed by atoms with van der Waals surface area (Å²) in [6, 6.07) is 6.19. The molecule has 1 aliphatic rings. The molecule has 21 heteroatoms. The Balaban J connectivity index is 1.60. The largest absolute Gasteiger partial charge is 0.504 e. The SMILES string of the molecule is O=C(O[C@@H]1OC[C@@H](OC(=O)c2ccc(O)c(O)c2O)[C@@H](OC(=O)c2ccc(O)c(O)c2O)[C@H]1OC(=O)c1ccc(O)c(O)c1O)c1ccc(O)c(O)c1O. The first kappa shape index (κ1) is 37.6. The zero-order valence-electron chi connectivity index (χ0n) is 26.7. The fourth-order valence-electron chi connectivity index (χ4n) is 4.89. The van der Waals surface area contributed by atoms with Gasteiger partial charge in [-0.25, -0.2) is 19.2 Å². The predicted octanol–water partition coefficient (Wildman–Crippen LogP) is 1.34. The Bertz CT molecular complexity index is 2030. The van der Waals surface area contributed by atoms with Crippen molar-refractivity contribution in [3.8, 4) is 69.0 Å². The highest BCUT2D eigenvalue weighted by Gasteiger charge is 2.50. The minimum atomic E-state index is -2.34. The lowest BCUT2D eigenvalue weighted by atomic mass is 10.0. The zero-order chi connectivity index (χ0) is 39.8. The summed E-state index contributed by atoms with van der Waals surface area (Å²) in [6.45, 7) is -0.953. The normalized spacial score (nSPS) is 17.9. The van der Waals surface area contributed by atoms with Gasteiger partial charge in [-0.1, -0.05) is 0 Å². The molecule has 0 radical (unpaired) electrons. The van der Waals surface area contributed by atoms with E-state index in [0.717, 1.165) is 48.5 Å². The van der Waals surface area contributed by atoms with Gasteiger partial charge in [0.05, 0.1) is 6.61 Å². The second kappa shape index (κ2) is 14.5. The van der Waals surface area contributed by atoms with E-state index in [1.165, 1.54) is 0 Å². The average Bonchev–Trinajstić information content (AvgIpc) is 3.13. The van der Waals surface area contributed by atoms with Gasteiger partial charge in [0.2, 0.25) is 35.4 Å². The van der Waals surface area contributed by atoms with Crippen molar-refractivity contribution >= 4 is 23.9 Å². The van der Waals surface area contributed by atoms with Crippen LogP contribution >= 0.6 is 0 Å². The van der Waals surface area contributed by atoms with Crippen molar-refractivity contribution in [2.75, 3.05) is 6.61 Å². The second-order valence-electron chi connectivity index (χ2n) is 11.1. The third-order valence-corrected chi connectivity index (χ3v) is 7.75. The Kier molecular flexibility index (Phi) is 10.1. The number of benzene rings is 4. The first-order valence-corrected chi connectivity index (χ1v) is 14.8. The van der Waals surface area contributed by atoms with Gasteiger partial charge >= 0.3 is 23.9 Å². The van der Waals surface area contributed by atoms with Crippen LogP contribution in [0.3, 0.4) is 0 Å². The fourth-order valence-corrected chi connectivity index (χ4v) is 4.89. The van der Waals surface area contributed by atoms with Crippen molar-refractivity contribution in [2.45, 2.75) is 24.6 Å². The number of phenols is 12. The lowest BCUT2D eigenvalue weighted by Crippen LogP contribution is -2.58. The van der Waals surface area contributed by atoms with Gasteiger partial charge in [0.1, 0.15) is 22.3 Å². The van der Waals surface area contributed by atoms with E-state index in [-0.39, 0.29) is 0 Å². The van der Waals surface area contributed by atoms with E-state index in [9.17, 15) is 80.5 Å². The third-order valence-electron chi connectivity index (χ3n) is 7.75. The summed E-state index contributed by atoms with van der Waals surface area (Å²) in [7, 11) is 0. The molecule has 0 bridgehead atoms. The molecule has 0 unspecified atom stereocenters. The quantitative estimate of drug-likeness (QED) is 0.0685. The standard InChI is InChI=1S/C33H26O21/c34-14-5-1-10(19(38)23(14)42)29(46)51-18-9-50-33(54-32(49)13-4-8-17(37)26(45)22(13)41)28(53-31(48)12-3-7-16(36)25(44)21(12)40)27(18)52-30(47)11-2-6-15(35)24(43)20(11)39/h1-8,18,27-28,33-45H,9H2/t18-,27-,28-,33+/m1/s1. The average molecular weight is 759 g/mol. The van der Waals surface area contributed by atoms with Crippen LogP contribution in [-0.4, -0.2) is 116 Å². The van der Waals surface area contributed by atoms with E-state index in [0.29, 0.717) is 0 Å². The number of phenolic OH excluding ortho intramolecular Hbond substituents is 12. The molecular weight excluding hydrogens is 732 g/mol. The molecule has 54 heavy (non-hydrogen) atoms. The van der Waals surface area contributed by atoms with Crippen molar-refractivity contribution in [2.24, 2.45) is 0 Å². The van der Waals surface area contributed by atoms with E-state index in [1.54, 1.807) is 0 Å². The summed E-state index contributed by atoms with van der Waals surface area (Å²) < 4.78 is 26.9. The molecule has 5 rings (SSSR count). The first-order valence-electron chi connectivity index (χ1n) is 14.8. The van der Waals surface area contributed by atoms with Crippen LogP contribution in [0, 0.1) is 0 Å². The Labute approximate surface area is 299 Å². The maximum atomic E-state index is 13.4. The smallest absolute Gasteiger partial charge is 0.344 e. The predicted molar refractivity (Wildman–Crippen MR) is 169 cm³/mol. The van der Waals surface area contributed by atoms with Crippen molar-refractivity contribution < 1.29 is 104 Å². The van der Waals surface area contributed by atoms with Gasteiger partial charge in [-0.2, -0.15) is 0 Å². The van der Waals surface area contributed by atoms with Gasteiger partial charge in [0.15, 0.2) is 58.2 Å². The molecule has 0 aromatic heterocycles. The summed E-state index contributed by atoms with van der Waals surface area (Å²) in [5.74, 6) is -19.2. The second-order valence-corrected chi connectivity index (χ2v) is 11.1. The number of carbonyl (C=O) groups excluding carboxylic acids is 4. The first-order chi connectivity index (χ1) is 25.4. The number of aromatic hydroxyl groups is 12. The van der Waals surface area contributed by atoms with Gasteiger partial charge in [0.25, 0.3) is 0 Å². The topological polar surface area (TPSA) is 357 Å². The lowest BCUT2D eigenvalue weighted by molar-refractivity contribution is -0.250. The Morgan fingerprint density at radius 1 is 0.407 bits per heavy atom. The van der Waals surface area contributed by atoms with Gasteiger partial charge in [-0.05, 0) is 48.5 Å². The minimum absolute atomic E-state index is 0.752. The molecule has 0 saturated carbocycles. The molecule has 1 fully saturated rings. The van der Waals surface area contributed by atoms with Crippen LogP contribution < -0.4 is 0 Å². The summed E-state index contributed by atoms with van der Waals surface area (Å²) >= 11 is 0. The highest BCUT2D eigenvalue weighted by molar-refractivity contribution is 5.96. The molecule has 4 aromatic rings. The molecule has 4 aromatic carbocycles. The van der Waals surface area contributed by atoms with Gasteiger partial charge in [-0.15, -0.1) is 0 Å². The van der Waals surface area contributed by atoms with Crippen LogP contribution in [0.25, 0.3) is 0 Å². The number of rotatable bonds is 8. The van der Waals surface area contributed by atoms with Gasteiger partial charge < -0.3 is 85.0 Å². The van der Waals surface area contributed by atoms with Crippen molar-refractivity contribution in [1.82, 2.24) is 0 Å². The Morgan fingerprint density at radius 3 is 1.06 bits per heavy atom. The van der Waals surface area contributed by atoms with Crippen LogP contribution in [-0.2, 0) is 23.7 Å². The Hall–Kier alpha value is -7.68. The molecule has 284 valence electrons. The van der Waals surface area contributed by atoms with Crippen molar-refractivity contribution in [3.05, 3.63) is 70.8 Å². The summed E-state index contributed by atoms with van der Waals surface area (Å²) in [6.07, 6.45) is -8.82. The fraction of sp³-hybridized carbons (Fsp3) is 0.152. The molecular formula is C33H26O21. The molecule has 4 atom stereocenters. The minimum Gasteiger partial charge on any atom is -0.504 e. The van der Waals surface area contributed by atoms with Crippen molar-refractivity contribution in [1.29, 1.82) is 0 Å². The highest BCUT2D eigenvalue weighted by atomic mass is 16.7. The van der Waals surface area contributed by atoms with E-state index in [1.807, 2.05) is 0 Å². The molecule has 1 heterocycles. The Morgan fingerprint density at radius 2 is 0.704 bits per heavy atom. The van der Waals surface area contributed by atoms with E-state index < -0.39 is 146 Å². The molecule has 0 amide bonds. The maximum Gasteiger partial charge on any atom is 0.344 e. The third kappa shape index (κ3) is 6.96. The number of ether oxygens (including phenoxy) is 5. The van der Waals surface area contributed by atoms with E-state index in [4.69, 9.17) is 23.7 Å². The number of carbonyl (C=O) groups is 4. The maximum absolute atomic E-state index is 13.4. The van der Waals surface area contributed by atoms with Crippen LogP contribution in [0.2, 0.25) is 0 Å². The van der Waals surface area contributed by atoms with E-state index >= 15 is 0 Å². The molecule has 12 N–H and O–H groups in total. The summed E-state index contributed by atoms with van der Waals surface area (Å²) in [5.41, 5.74) is -3.32. The van der Waals surface area contributed by atoms with Gasteiger partial charge in [0, 0.05) is 0 Å². The zero-order valence-corrected chi connectivity index (χ0v) is 26.7. The number of hydrogen-bond donors (Lipinski definition) is 12. The molecule has 21 nitrogen and oxygen atoms in total. The number of hydrogen-bond acceptors (Lipinski definition) is 21. The van der Waals surface area contributed by atoms with Gasteiger partial charge in [-0.3, -0.25) is 0 Å². The van der Waals surface area contributed by atoms with Crippen LogP contribution in [0.4, 0.5) is 0 Å². The van der Waals surface area contributed by atoms with Crippen molar-refractivity contribution in [3.63, 3.8) is 0 Å². The van der Waals surface area contributed by atoms with E-state index in [2.05, 4.69) is 0 Å². The highest BCUT2D eigenvalue weighted by Crippen LogP contribution is 2.42. The van der Waals surface area contributed by atoms with Crippen LogP contribution in [0.15, 0.2) is 48.5 Å². The number of esters is 4. The molecule has 0 spiro atoms. The van der Waals surface area contributed by atoms with Crippen LogP contribution in [0.1, 0.15) is 41.4 Å². The molecule has 0 aliphatic carbocycles. The van der Waals surface area contributed by atoms with Crippen LogP contribution in [0.5, 0.6) is 69.0 Å². The monoisotopic (exact) mass is 758 g/mol. The summed E-state index contributed by atoms with van der Waals surface area (Å²) in [5, 5.41) is 120.